The van der Waals surface area contributed by atoms with Crippen LogP contribution in [0.4, 0.5) is 5.13 Å². The largest absolute Gasteiger partial charge is 0.497 e. The van der Waals surface area contributed by atoms with Crippen LogP contribution in [0.15, 0.2) is 53.0 Å². The molecular weight excluding hydrogens is 500 g/mol. The van der Waals surface area contributed by atoms with Gasteiger partial charge in [-0.25, -0.2) is 4.98 Å². The van der Waals surface area contributed by atoms with Crippen LogP contribution in [0.5, 0.6) is 5.75 Å². The Bertz CT molecular complexity index is 1320. The maximum absolute atomic E-state index is 13.4. The van der Waals surface area contributed by atoms with E-state index in [0.717, 1.165) is 38.1 Å². The smallest absolute Gasteiger partial charge is 0.258 e. The summed E-state index contributed by atoms with van der Waals surface area (Å²) in [6.07, 6.45) is 6.05. The standard InChI is InChI=1S/C25H23BrN4O2S/c1-32-18-8-4-7-16(12-18)22-14-20(19-13-17(26)9-10-21(19)27-22)24(31)28-25-30-29-23(33-25)11-15-5-2-3-6-15/h4,7-10,12-15H,2-3,5-6,11H2,1H3,(H,28,30,31). The number of carbonyl (C=O) groups excluding carboxylic acids is 1. The second-order valence-corrected chi connectivity index (χ2v) is 10.2. The van der Waals surface area contributed by atoms with E-state index in [4.69, 9.17) is 9.72 Å². The summed E-state index contributed by atoms with van der Waals surface area (Å²) in [5, 5.41) is 13.8. The number of rotatable bonds is 6. The fourth-order valence-electron chi connectivity index (χ4n) is 4.33. The molecule has 1 fully saturated rings. The molecular formula is C25H23BrN4O2S. The maximum atomic E-state index is 13.4. The van der Waals surface area contributed by atoms with Crippen LogP contribution in [0.3, 0.4) is 0 Å². The number of hydrogen-bond acceptors (Lipinski definition) is 6. The molecule has 1 aliphatic carbocycles. The zero-order valence-corrected chi connectivity index (χ0v) is 20.6. The van der Waals surface area contributed by atoms with Gasteiger partial charge < -0.3 is 4.74 Å². The van der Waals surface area contributed by atoms with Crippen molar-refractivity contribution in [1.82, 2.24) is 15.2 Å². The van der Waals surface area contributed by atoms with E-state index >= 15 is 0 Å². The van der Waals surface area contributed by atoms with Gasteiger partial charge in [0.15, 0.2) is 0 Å². The molecule has 1 amide bonds. The molecule has 0 bridgehead atoms. The van der Waals surface area contributed by atoms with Crippen molar-refractivity contribution in [2.45, 2.75) is 32.1 Å². The minimum atomic E-state index is -0.229. The van der Waals surface area contributed by atoms with Crippen molar-refractivity contribution in [2.75, 3.05) is 12.4 Å². The highest BCUT2D eigenvalue weighted by Gasteiger charge is 2.20. The Hall–Kier alpha value is -2.84. The average molecular weight is 523 g/mol. The van der Waals surface area contributed by atoms with Gasteiger partial charge in [-0.15, -0.1) is 10.2 Å². The summed E-state index contributed by atoms with van der Waals surface area (Å²) >= 11 is 4.97. The summed E-state index contributed by atoms with van der Waals surface area (Å²) in [7, 11) is 1.63. The lowest BCUT2D eigenvalue weighted by Gasteiger charge is -2.11. The Morgan fingerprint density at radius 3 is 2.82 bits per heavy atom. The second-order valence-electron chi connectivity index (χ2n) is 8.26. The second kappa shape index (κ2) is 9.57. The molecule has 1 saturated carbocycles. The summed E-state index contributed by atoms with van der Waals surface area (Å²) in [6, 6.07) is 15.2. The number of hydrogen-bond donors (Lipinski definition) is 1. The van der Waals surface area contributed by atoms with Crippen LogP contribution in [0.1, 0.15) is 41.0 Å². The van der Waals surface area contributed by atoms with E-state index in [0.29, 0.717) is 22.3 Å². The number of nitrogens with one attached hydrogen (secondary N) is 1. The third-order valence-corrected chi connectivity index (χ3v) is 7.36. The zero-order valence-electron chi connectivity index (χ0n) is 18.2. The molecule has 0 aliphatic heterocycles. The molecule has 0 spiro atoms. The van der Waals surface area contributed by atoms with E-state index in [-0.39, 0.29) is 5.91 Å². The van der Waals surface area contributed by atoms with Crippen molar-refractivity contribution in [3.8, 4) is 17.0 Å². The van der Waals surface area contributed by atoms with Crippen LogP contribution in [0, 0.1) is 5.92 Å². The molecule has 0 unspecified atom stereocenters. The lowest BCUT2D eigenvalue weighted by Crippen LogP contribution is -2.13. The number of halogens is 1. The minimum absolute atomic E-state index is 0.229. The molecule has 4 aromatic rings. The monoisotopic (exact) mass is 522 g/mol. The first-order chi connectivity index (χ1) is 16.1. The number of methoxy groups -OCH3 is 1. The van der Waals surface area contributed by atoms with Crippen molar-refractivity contribution >= 4 is 49.2 Å². The number of carbonyl (C=O) groups is 1. The Balaban J connectivity index is 1.47. The third kappa shape index (κ3) is 4.91. The lowest BCUT2D eigenvalue weighted by molar-refractivity contribution is 0.102. The van der Waals surface area contributed by atoms with Crippen LogP contribution in [0.25, 0.3) is 22.2 Å². The Labute approximate surface area is 204 Å². The molecule has 168 valence electrons. The highest BCUT2D eigenvalue weighted by atomic mass is 79.9. The van der Waals surface area contributed by atoms with Gasteiger partial charge in [0.05, 0.1) is 23.9 Å². The van der Waals surface area contributed by atoms with E-state index in [2.05, 4.69) is 31.4 Å². The number of ether oxygens (including phenoxy) is 1. The predicted molar refractivity (Wildman–Crippen MR) is 135 cm³/mol. The topological polar surface area (TPSA) is 77.0 Å². The van der Waals surface area contributed by atoms with Crippen molar-refractivity contribution in [3.63, 3.8) is 0 Å². The summed E-state index contributed by atoms with van der Waals surface area (Å²) < 4.78 is 6.24. The number of pyridine rings is 1. The molecule has 1 aliphatic rings. The summed E-state index contributed by atoms with van der Waals surface area (Å²) in [5.74, 6) is 1.20. The van der Waals surface area contributed by atoms with Gasteiger partial charge in [0.25, 0.3) is 5.91 Å². The normalized spacial score (nSPS) is 14.0. The minimum Gasteiger partial charge on any atom is -0.497 e. The Kier molecular flexibility index (Phi) is 6.37. The number of aromatic nitrogens is 3. The Morgan fingerprint density at radius 1 is 1.15 bits per heavy atom. The number of benzene rings is 2. The van der Waals surface area contributed by atoms with Gasteiger partial charge in [-0.2, -0.15) is 0 Å². The highest BCUT2D eigenvalue weighted by molar-refractivity contribution is 9.10. The summed E-state index contributed by atoms with van der Waals surface area (Å²) in [6.45, 7) is 0. The fraction of sp³-hybridized carbons (Fsp3) is 0.280. The average Bonchev–Trinajstić information content (AvgIpc) is 3.51. The summed E-state index contributed by atoms with van der Waals surface area (Å²) in [5.41, 5.74) is 2.85. The third-order valence-electron chi connectivity index (χ3n) is 6.01. The highest BCUT2D eigenvalue weighted by Crippen LogP contribution is 2.31. The first-order valence-electron chi connectivity index (χ1n) is 11.0. The summed E-state index contributed by atoms with van der Waals surface area (Å²) in [4.78, 5) is 18.2. The predicted octanol–water partition coefficient (Wildman–Crippen LogP) is 6.51. The van der Waals surface area contributed by atoms with E-state index in [9.17, 15) is 4.79 Å². The fourth-order valence-corrected chi connectivity index (χ4v) is 5.54. The number of fused-ring (bicyclic) bond motifs is 1. The van der Waals surface area contributed by atoms with Crippen molar-refractivity contribution in [2.24, 2.45) is 5.92 Å². The van der Waals surface area contributed by atoms with E-state index in [1.165, 1.54) is 37.0 Å². The van der Waals surface area contributed by atoms with Crippen LogP contribution in [0.2, 0.25) is 0 Å². The van der Waals surface area contributed by atoms with Crippen molar-refractivity contribution in [3.05, 3.63) is 63.6 Å². The SMILES string of the molecule is COc1cccc(-c2cc(C(=O)Nc3nnc(CC4CCCC4)s3)c3cc(Br)ccc3n2)c1. The molecule has 33 heavy (non-hydrogen) atoms. The molecule has 8 heteroatoms. The van der Waals surface area contributed by atoms with Crippen LogP contribution >= 0.6 is 27.3 Å². The first kappa shape index (κ1) is 22.0. The van der Waals surface area contributed by atoms with Crippen molar-refractivity contribution < 1.29 is 9.53 Å². The lowest BCUT2D eigenvalue weighted by atomic mass is 10.0. The van der Waals surface area contributed by atoms with E-state index in [1.807, 2.05) is 48.5 Å². The maximum Gasteiger partial charge on any atom is 0.258 e. The molecule has 2 aromatic heterocycles. The number of amides is 1. The van der Waals surface area contributed by atoms with E-state index in [1.54, 1.807) is 7.11 Å². The van der Waals surface area contributed by atoms with E-state index < -0.39 is 0 Å². The zero-order chi connectivity index (χ0) is 22.8. The molecule has 0 atom stereocenters. The first-order valence-corrected chi connectivity index (χ1v) is 12.6. The van der Waals surface area contributed by atoms with Gasteiger partial charge >= 0.3 is 0 Å². The van der Waals surface area contributed by atoms with Crippen LogP contribution in [-0.4, -0.2) is 28.2 Å². The molecule has 2 aromatic carbocycles. The Morgan fingerprint density at radius 2 is 2.00 bits per heavy atom. The van der Waals surface area contributed by atoms with Gasteiger partial charge in [-0.3, -0.25) is 10.1 Å². The molecule has 0 saturated heterocycles. The van der Waals surface area contributed by atoms with Crippen LogP contribution in [-0.2, 0) is 6.42 Å². The molecule has 1 N–H and O–H groups in total. The van der Waals surface area contributed by atoms with Gasteiger partial charge in [0.2, 0.25) is 5.13 Å². The van der Waals surface area contributed by atoms with Gasteiger partial charge in [0.1, 0.15) is 10.8 Å². The van der Waals surface area contributed by atoms with Gasteiger partial charge in [0, 0.05) is 21.8 Å². The molecule has 6 nitrogen and oxygen atoms in total. The quantitative estimate of drug-likeness (QED) is 0.312. The van der Waals surface area contributed by atoms with Gasteiger partial charge in [-0.05, 0) is 42.3 Å². The molecule has 5 rings (SSSR count). The van der Waals surface area contributed by atoms with Gasteiger partial charge in [-0.1, -0.05) is 65.1 Å². The number of anilines is 1. The van der Waals surface area contributed by atoms with Crippen LogP contribution < -0.4 is 10.1 Å². The molecule has 2 heterocycles. The van der Waals surface area contributed by atoms with Crippen molar-refractivity contribution in [1.29, 1.82) is 0 Å². The molecule has 0 radical (unpaired) electrons. The number of nitrogens with zero attached hydrogens (tertiary/aromatic N) is 3.